The van der Waals surface area contributed by atoms with Crippen LogP contribution in [0.5, 0.6) is 11.5 Å². The van der Waals surface area contributed by atoms with Gasteiger partial charge in [0.05, 0.1) is 0 Å². The Morgan fingerprint density at radius 2 is 1.89 bits per heavy atom. The Kier molecular flexibility index (Phi) is 4.12. The summed E-state index contributed by atoms with van der Waals surface area (Å²) in [4.78, 5) is 0. The van der Waals surface area contributed by atoms with Gasteiger partial charge >= 0.3 is 0 Å². The molecule has 0 amide bonds. The monoisotopic (exact) mass is 249 g/mol. The van der Waals surface area contributed by atoms with Crippen LogP contribution in [0, 0.1) is 0 Å². The Hall–Kier alpha value is -1.22. The zero-order valence-electron chi connectivity index (χ0n) is 11.6. The van der Waals surface area contributed by atoms with E-state index >= 15 is 0 Å². The lowest BCUT2D eigenvalue weighted by Gasteiger charge is -2.20. The Bertz CT molecular complexity index is 396. The van der Waals surface area contributed by atoms with Gasteiger partial charge in [-0.1, -0.05) is 6.07 Å². The average Bonchev–Trinajstić information content (AvgIpc) is 2.74. The summed E-state index contributed by atoms with van der Waals surface area (Å²) in [7, 11) is 0. The van der Waals surface area contributed by atoms with Crippen molar-refractivity contribution in [3.63, 3.8) is 0 Å². The molecule has 0 radical (unpaired) electrons. The van der Waals surface area contributed by atoms with Crippen LogP contribution in [-0.2, 0) is 6.42 Å². The fraction of sp³-hybridized carbons (Fsp3) is 0.600. The molecule has 1 aromatic rings. The quantitative estimate of drug-likeness (QED) is 0.813. The predicted octanol–water partition coefficient (Wildman–Crippen LogP) is 3.13. The van der Waals surface area contributed by atoms with Crippen LogP contribution in [0.15, 0.2) is 18.2 Å². The van der Waals surface area contributed by atoms with Gasteiger partial charge in [0.1, 0.15) is 0 Å². The van der Waals surface area contributed by atoms with E-state index in [0.717, 1.165) is 24.5 Å². The second kappa shape index (κ2) is 5.61. The zero-order valence-corrected chi connectivity index (χ0v) is 11.6. The molecule has 0 saturated carbocycles. The normalized spacial score (nSPS) is 13.9. The van der Waals surface area contributed by atoms with E-state index in [1.807, 2.05) is 6.07 Å². The van der Waals surface area contributed by atoms with Gasteiger partial charge in [0.15, 0.2) is 11.5 Å². The number of unbranched alkanes of at least 4 members (excludes halogenated alkanes) is 1. The Balaban J connectivity index is 1.71. The van der Waals surface area contributed by atoms with Gasteiger partial charge in [-0.25, -0.2) is 0 Å². The molecule has 0 aliphatic carbocycles. The number of ether oxygens (including phenoxy) is 2. The number of hydrogen-bond donors (Lipinski definition) is 1. The summed E-state index contributed by atoms with van der Waals surface area (Å²) in [5, 5.41) is 3.51. The lowest BCUT2D eigenvalue weighted by Crippen LogP contribution is -2.36. The van der Waals surface area contributed by atoms with Crippen molar-refractivity contribution in [2.45, 2.75) is 45.6 Å². The molecule has 0 bridgehead atoms. The molecular weight excluding hydrogens is 226 g/mol. The van der Waals surface area contributed by atoms with Crippen LogP contribution in [0.3, 0.4) is 0 Å². The number of rotatable bonds is 5. The van der Waals surface area contributed by atoms with Crippen LogP contribution in [0.4, 0.5) is 0 Å². The van der Waals surface area contributed by atoms with Crippen molar-refractivity contribution in [3.8, 4) is 11.5 Å². The van der Waals surface area contributed by atoms with Crippen molar-refractivity contribution in [1.29, 1.82) is 0 Å². The van der Waals surface area contributed by atoms with Crippen molar-refractivity contribution < 1.29 is 9.47 Å². The van der Waals surface area contributed by atoms with Gasteiger partial charge in [-0.2, -0.15) is 0 Å². The van der Waals surface area contributed by atoms with Crippen molar-refractivity contribution in [2.24, 2.45) is 0 Å². The molecule has 0 unspecified atom stereocenters. The summed E-state index contributed by atoms with van der Waals surface area (Å²) >= 11 is 0. The molecule has 0 saturated heterocycles. The Morgan fingerprint density at radius 1 is 1.11 bits per heavy atom. The molecule has 0 fully saturated rings. The third-order valence-electron chi connectivity index (χ3n) is 2.98. The summed E-state index contributed by atoms with van der Waals surface area (Å²) in [6, 6.07) is 6.23. The fourth-order valence-electron chi connectivity index (χ4n) is 2.01. The lowest BCUT2D eigenvalue weighted by atomic mass is 10.1. The lowest BCUT2D eigenvalue weighted by molar-refractivity contribution is 0.174. The number of hydrogen-bond acceptors (Lipinski definition) is 3. The van der Waals surface area contributed by atoms with Gasteiger partial charge in [0, 0.05) is 5.54 Å². The highest BCUT2D eigenvalue weighted by atomic mass is 16.7. The molecule has 1 aliphatic heterocycles. The fourth-order valence-corrected chi connectivity index (χ4v) is 2.01. The van der Waals surface area contributed by atoms with Crippen molar-refractivity contribution in [2.75, 3.05) is 13.3 Å². The topological polar surface area (TPSA) is 30.5 Å². The van der Waals surface area contributed by atoms with Crippen molar-refractivity contribution in [3.05, 3.63) is 23.8 Å². The van der Waals surface area contributed by atoms with E-state index in [0.29, 0.717) is 6.79 Å². The highest BCUT2D eigenvalue weighted by Crippen LogP contribution is 2.32. The number of fused-ring (bicyclic) bond motifs is 1. The largest absolute Gasteiger partial charge is 0.454 e. The molecule has 0 aromatic heterocycles. The van der Waals surface area contributed by atoms with E-state index in [2.05, 4.69) is 38.2 Å². The maximum Gasteiger partial charge on any atom is 0.231 e. The molecule has 1 aliphatic rings. The van der Waals surface area contributed by atoms with Gasteiger partial charge in [-0.05, 0) is 64.3 Å². The molecule has 0 spiro atoms. The average molecular weight is 249 g/mol. The molecular formula is C15H23NO2. The predicted molar refractivity (Wildman–Crippen MR) is 73.3 cm³/mol. The summed E-state index contributed by atoms with van der Waals surface area (Å²) in [5.41, 5.74) is 1.55. The minimum atomic E-state index is 0.221. The van der Waals surface area contributed by atoms with E-state index in [1.54, 1.807) is 0 Å². The summed E-state index contributed by atoms with van der Waals surface area (Å²) in [6.07, 6.45) is 3.50. The third kappa shape index (κ3) is 3.91. The van der Waals surface area contributed by atoms with E-state index in [1.165, 1.54) is 18.4 Å². The molecule has 1 aromatic carbocycles. The van der Waals surface area contributed by atoms with Crippen LogP contribution in [-0.4, -0.2) is 18.9 Å². The van der Waals surface area contributed by atoms with Crippen molar-refractivity contribution >= 4 is 0 Å². The van der Waals surface area contributed by atoms with Gasteiger partial charge in [0.25, 0.3) is 0 Å². The smallest absolute Gasteiger partial charge is 0.231 e. The maximum atomic E-state index is 5.38. The third-order valence-corrected chi connectivity index (χ3v) is 2.98. The van der Waals surface area contributed by atoms with Gasteiger partial charge < -0.3 is 14.8 Å². The maximum absolute atomic E-state index is 5.38. The molecule has 1 N–H and O–H groups in total. The Morgan fingerprint density at radius 3 is 2.67 bits per heavy atom. The molecule has 18 heavy (non-hydrogen) atoms. The first-order valence-corrected chi connectivity index (χ1v) is 6.68. The highest BCUT2D eigenvalue weighted by Gasteiger charge is 2.13. The summed E-state index contributed by atoms with van der Waals surface area (Å²) < 4.78 is 10.7. The first kappa shape index (κ1) is 13.2. The van der Waals surface area contributed by atoms with Crippen molar-refractivity contribution in [1.82, 2.24) is 5.32 Å². The minimum absolute atomic E-state index is 0.221. The van der Waals surface area contributed by atoms with Crippen LogP contribution in [0.1, 0.15) is 39.2 Å². The highest BCUT2D eigenvalue weighted by molar-refractivity contribution is 5.44. The molecule has 3 heteroatoms. The van der Waals surface area contributed by atoms with Gasteiger partial charge in [0.2, 0.25) is 6.79 Å². The number of benzene rings is 1. The number of nitrogens with one attached hydrogen (secondary N) is 1. The zero-order chi connectivity index (χ0) is 13.0. The van der Waals surface area contributed by atoms with E-state index in [9.17, 15) is 0 Å². The van der Waals surface area contributed by atoms with E-state index in [-0.39, 0.29) is 5.54 Å². The summed E-state index contributed by atoms with van der Waals surface area (Å²) in [6.45, 7) is 8.03. The summed E-state index contributed by atoms with van der Waals surface area (Å²) in [5.74, 6) is 1.76. The van der Waals surface area contributed by atoms with E-state index < -0.39 is 0 Å². The molecule has 0 atom stereocenters. The second-order valence-electron chi connectivity index (χ2n) is 5.82. The standard InChI is InChI=1S/C15H23NO2/c1-15(2,3)16-9-5-4-6-12-7-8-13-14(10-12)18-11-17-13/h7-8,10,16H,4-6,9,11H2,1-3H3. The first-order chi connectivity index (χ1) is 8.54. The van der Waals surface area contributed by atoms with E-state index in [4.69, 9.17) is 9.47 Å². The van der Waals surface area contributed by atoms with Crippen LogP contribution in [0.25, 0.3) is 0 Å². The van der Waals surface area contributed by atoms with Crippen LogP contribution < -0.4 is 14.8 Å². The molecule has 2 rings (SSSR count). The first-order valence-electron chi connectivity index (χ1n) is 6.68. The minimum Gasteiger partial charge on any atom is -0.454 e. The number of aryl methyl sites for hydroxylation is 1. The molecule has 3 nitrogen and oxygen atoms in total. The SMILES string of the molecule is CC(C)(C)NCCCCc1ccc2c(c1)OCO2. The van der Waals surface area contributed by atoms with Crippen LogP contribution in [0.2, 0.25) is 0 Å². The second-order valence-corrected chi connectivity index (χ2v) is 5.82. The molecule has 1 heterocycles. The van der Waals surface area contributed by atoms with Gasteiger partial charge in [-0.3, -0.25) is 0 Å². The Labute approximate surface area is 109 Å². The van der Waals surface area contributed by atoms with Gasteiger partial charge in [-0.15, -0.1) is 0 Å². The van der Waals surface area contributed by atoms with Crippen LogP contribution >= 0.6 is 0 Å². The molecule has 100 valence electrons.